The molecule has 0 amide bonds. The molecule has 0 spiro atoms. The van der Waals surface area contributed by atoms with Gasteiger partial charge in [0.15, 0.2) is 0 Å². The Labute approximate surface area is 79.5 Å². The number of carbonyl (C=O) groups is 3. The summed E-state index contributed by atoms with van der Waals surface area (Å²) < 4.78 is 0. The van der Waals surface area contributed by atoms with Gasteiger partial charge < -0.3 is 15.3 Å². The fraction of sp³-hybridized carbons (Fsp3) is 0.375. The summed E-state index contributed by atoms with van der Waals surface area (Å²) in [5, 5.41) is 25.5. The molecule has 0 heterocycles. The zero-order chi connectivity index (χ0) is 11.3. The molecule has 0 aliphatic heterocycles. The molecule has 0 aromatic carbocycles. The van der Waals surface area contributed by atoms with E-state index in [1.807, 2.05) is 0 Å². The summed E-state index contributed by atoms with van der Waals surface area (Å²) in [6, 6.07) is 0. The monoisotopic (exact) mass is 202 g/mol. The summed E-state index contributed by atoms with van der Waals surface area (Å²) in [5.41, 5.74) is -0.951. The highest BCUT2D eigenvalue weighted by molar-refractivity contribution is 6.01. The lowest BCUT2D eigenvalue weighted by molar-refractivity contribution is -0.140. The number of carboxylic acid groups (broad SMARTS) is 3. The first-order chi connectivity index (χ1) is 6.40. The van der Waals surface area contributed by atoms with Gasteiger partial charge in [0.25, 0.3) is 0 Å². The smallest absolute Gasteiger partial charge is 0.332 e. The van der Waals surface area contributed by atoms with Crippen molar-refractivity contribution in [1.29, 1.82) is 0 Å². The Morgan fingerprint density at radius 3 is 1.57 bits per heavy atom. The Morgan fingerprint density at radius 2 is 1.36 bits per heavy atom. The van der Waals surface area contributed by atoms with Gasteiger partial charge in [0, 0.05) is 5.57 Å². The Bertz CT molecular complexity index is 301. The van der Waals surface area contributed by atoms with Gasteiger partial charge in [-0.1, -0.05) is 6.92 Å². The molecule has 0 fully saturated rings. The third-order valence-electron chi connectivity index (χ3n) is 1.56. The van der Waals surface area contributed by atoms with Gasteiger partial charge in [-0.3, -0.25) is 4.79 Å². The predicted octanol–water partition coefficient (Wildman–Crippen LogP) is 0.337. The van der Waals surface area contributed by atoms with E-state index in [4.69, 9.17) is 15.3 Å². The minimum absolute atomic E-state index is 0.0236. The molecule has 6 nitrogen and oxygen atoms in total. The van der Waals surface area contributed by atoms with Crippen molar-refractivity contribution in [3.05, 3.63) is 11.1 Å². The average molecular weight is 202 g/mol. The molecule has 0 radical (unpaired) electrons. The van der Waals surface area contributed by atoms with E-state index in [9.17, 15) is 14.4 Å². The Balaban J connectivity index is 5.20. The fourth-order valence-corrected chi connectivity index (χ4v) is 0.956. The Morgan fingerprint density at radius 1 is 0.929 bits per heavy atom. The maximum atomic E-state index is 10.6. The minimum Gasteiger partial charge on any atom is -0.481 e. The first-order valence-corrected chi connectivity index (χ1v) is 3.80. The van der Waals surface area contributed by atoms with Crippen molar-refractivity contribution in [1.82, 2.24) is 0 Å². The summed E-state index contributed by atoms with van der Waals surface area (Å²) in [6.45, 7) is 1.45. The molecule has 0 rings (SSSR count). The van der Waals surface area contributed by atoms with Crippen LogP contribution in [0.15, 0.2) is 11.1 Å². The largest absolute Gasteiger partial charge is 0.481 e. The van der Waals surface area contributed by atoms with E-state index in [2.05, 4.69) is 0 Å². The van der Waals surface area contributed by atoms with Crippen molar-refractivity contribution in [2.45, 2.75) is 19.8 Å². The summed E-state index contributed by atoms with van der Waals surface area (Å²) in [4.78, 5) is 31.4. The van der Waals surface area contributed by atoms with Gasteiger partial charge in [-0.2, -0.15) is 0 Å². The van der Waals surface area contributed by atoms with Crippen LogP contribution in [-0.2, 0) is 14.4 Å². The van der Waals surface area contributed by atoms with Crippen LogP contribution in [0.1, 0.15) is 19.8 Å². The number of hydrogen-bond acceptors (Lipinski definition) is 3. The van der Waals surface area contributed by atoms with Gasteiger partial charge in [-0.15, -0.1) is 0 Å². The van der Waals surface area contributed by atoms with Crippen molar-refractivity contribution in [3.8, 4) is 0 Å². The maximum Gasteiger partial charge on any atom is 0.332 e. The molecule has 6 heteroatoms. The summed E-state index contributed by atoms with van der Waals surface area (Å²) in [6.07, 6.45) is -0.810. The molecule has 0 saturated carbocycles. The third-order valence-corrected chi connectivity index (χ3v) is 1.56. The highest BCUT2D eigenvalue weighted by Crippen LogP contribution is 2.13. The lowest BCUT2D eigenvalue weighted by atomic mass is 10.0. The molecule has 0 aliphatic carbocycles. The van der Waals surface area contributed by atoms with E-state index in [0.717, 1.165) is 0 Å². The molecule has 0 bridgehead atoms. The average Bonchev–Trinajstić information content (AvgIpc) is 2.02. The molecular weight excluding hydrogens is 192 g/mol. The second-order valence-corrected chi connectivity index (χ2v) is 2.49. The second-order valence-electron chi connectivity index (χ2n) is 2.49. The third kappa shape index (κ3) is 3.26. The first-order valence-electron chi connectivity index (χ1n) is 3.80. The molecule has 0 aliphatic rings. The molecule has 0 aromatic heterocycles. The molecule has 0 aromatic rings. The van der Waals surface area contributed by atoms with Crippen LogP contribution in [-0.4, -0.2) is 33.2 Å². The maximum absolute atomic E-state index is 10.6. The van der Waals surface area contributed by atoms with E-state index in [1.165, 1.54) is 6.92 Å². The highest BCUT2D eigenvalue weighted by Gasteiger charge is 2.20. The zero-order valence-electron chi connectivity index (χ0n) is 7.48. The summed E-state index contributed by atoms with van der Waals surface area (Å²) in [5.74, 6) is -4.27. The van der Waals surface area contributed by atoms with Crippen LogP contribution in [0.5, 0.6) is 0 Å². The number of hydrogen-bond donors (Lipinski definition) is 3. The molecule has 0 unspecified atom stereocenters. The van der Waals surface area contributed by atoms with E-state index < -0.39 is 29.9 Å². The van der Waals surface area contributed by atoms with Crippen LogP contribution in [0.3, 0.4) is 0 Å². The topological polar surface area (TPSA) is 112 Å². The fourth-order valence-electron chi connectivity index (χ4n) is 0.956. The van der Waals surface area contributed by atoms with Gasteiger partial charge in [0.1, 0.15) is 0 Å². The lowest BCUT2D eigenvalue weighted by Crippen LogP contribution is -2.14. The van der Waals surface area contributed by atoms with Gasteiger partial charge in [0.2, 0.25) is 0 Å². The quantitative estimate of drug-likeness (QED) is 0.554. The number of carboxylic acids is 3. The van der Waals surface area contributed by atoms with Crippen LogP contribution in [0.25, 0.3) is 0 Å². The van der Waals surface area contributed by atoms with Crippen LogP contribution in [0.4, 0.5) is 0 Å². The normalized spacial score (nSPS) is 11.8. The van der Waals surface area contributed by atoms with E-state index in [0.29, 0.717) is 0 Å². The number of aliphatic carboxylic acids is 3. The highest BCUT2D eigenvalue weighted by atomic mass is 16.4. The molecule has 0 atom stereocenters. The second kappa shape index (κ2) is 5.00. The van der Waals surface area contributed by atoms with Gasteiger partial charge in [-0.05, 0) is 6.42 Å². The van der Waals surface area contributed by atoms with Gasteiger partial charge in [-0.25, -0.2) is 9.59 Å². The van der Waals surface area contributed by atoms with E-state index in [-0.39, 0.29) is 12.0 Å². The predicted molar refractivity (Wildman–Crippen MR) is 44.8 cm³/mol. The molecular formula is C8H10O6. The van der Waals surface area contributed by atoms with Crippen LogP contribution in [0, 0.1) is 0 Å². The van der Waals surface area contributed by atoms with Gasteiger partial charge in [0.05, 0.1) is 12.0 Å². The lowest BCUT2D eigenvalue weighted by Gasteiger charge is -2.03. The van der Waals surface area contributed by atoms with Crippen molar-refractivity contribution in [2.24, 2.45) is 0 Å². The molecule has 0 saturated heterocycles. The summed E-state index contributed by atoms with van der Waals surface area (Å²) in [7, 11) is 0. The zero-order valence-corrected chi connectivity index (χ0v) is 7.48. The van der Waals surface area contributed by atoms with Crippen molar-refractivity contribution in [2.75, 3.05) is 0 Å². The van der Waals surface area contributed by atoms with Crippen molar-refractivity contribution >= 4 is 17.9 Å². The van der Waals surface area contributed by atoms with Crippen molar-refractivity contribution < 1.29 is 29.7 Å². The minimum atomic E-state index is -1.51. The molecule has 14 heavy (non-hydrogen) atoms. The number of rotatable bonds is 5. The first kappa shape index (κ1) is 12.2. The standard InChI is InChI=1S/C8H10O6/c1-2-4(7(11)12)5(8(13)14)3-6(9)10/h2-3H2,1H3,(H,9,10)(H,11,12)(H,13,14). The molecule has 78 valence electrons. The Hall–Kier alpha value is -1.85. The SMILES string of the molecule is CCC(C(=O)O)=C(CC(=O)O)C(=O)O. The van der Waals surface area contributed by atoms with Gasteiger partial charge >= 0.3 is 17.9 Å². The summed E-state index contributed by atoms with van der Waals surface area (Å²) >= 11 is 0. The van der Waals surface area contributed by atoms with E-state index >= 15 is 0 Å². The molecule has 3 N–H and O–H groups in total. The van der Waals surface area contributed by atoms with Crippen LogP contribution in [0.2, 0.25) is 0 Å². The van der Waals surface area contributed by atoms with E-state index in [1.54, 1.807) is 0 Å². The van der Waals surface area contributed by atoms with Crippen molar-refractivity contribution in [3.63, 3.8) is 0 Å². The van der Waals surface area contributed by atoms with Crippen LogP contribution >= 0.6 is 0 Å². The van der Waals surface area contributed by atoms with Crippen LogP contribution < -0.4 is 0 Å². The Kier molecular flexibility index (Phi) is 4.34.